The molecule has 3 heterocycles. The first-order valence-corrected chi connectivity index (χ1v) is 11.9. The van der Waals surface area contributed by atoms with Gasteiger partial charge in [0.1, 0.15) is 15.6 Å². The van der Waals surface area contributed by atoms with E-state index in [1.165, 1.54) is 15.6 Å². The summed E-state index contributed by atoms with van der Waals surface area (Å²) in [5, 5.41) is 1.00. The molecule has 154 valence electrons. The molecule has 0 aliphatic carbocycles. The molecule has 0 saturated carbocycles. The number of likely N-dealkylation sites (N-methyl/N-ethyl adjacent to an activating group) is 1. The van der Waals surface area contributed by atoms with Gasteiger partial charge in [0, 0.05) is 30.4 Å². The standard InChI is InChI=1S/C21H24N2O4S2/c1-15(19-13-16-7-3-4-8-18(16)27-19)22(2)20(24)14-17-9-10-21(28-17)29(25,26)23-11-5-6-12-23/h3-4,7-10,13,15H,5-6,11-12,14H2,1-2H3/t15-/m1/s1. The summed E-state index contributed by atoms with van der Waals surface area (Å²) in [5.74, 6) is 0.649. The van der Waals surface area contributed by atoms with Crippen molar-refractivity contribution in [1.29, 1.82) is 0 Å². The number of rotatable bonds is 6. The van der Waals surface area contributed by atoms with Crippen molar-refractivity contribution in [2.75, 3.05) is 20.1 Å². The average molecular weight is 433 g/mol. The van der Waals surface area contributed by atoms with Crippen LogP contribution in [0.4, 0.5) is 0 Å². The van der Waals surface area contributed by atoms with Crippen molar-refractivity contribution in [3.8, 4) is 0 Å². The third-order valence-corrected chi connectivity index (χ3v) is 8.90. The van der Waals surface area contributed by atoms with Crippen LogP contribution in [0, 0.1) is 0 Å². The molecular formula is C21H24N2O4S2. The summed E-state index contributed by atoms with van der Waals surface area (Å²) >= 11 is 1.18. The maximum Gasteiger partial charge on any atom is 0.252 e. The maximum atomic E-state index is 12.8. The predicted octanol–water partition coefficient (Wildman–Crippen LogP) is 4.04. The summed E-state index contributed by atoms with van der Waals surface area (Å²) < 4.78 is 33.1. The Morgan fingerprint density at radius 1 is 1.21 bits per heavy atom. The largest absolute Gasteiger partial charge is 0.459 e. The van der Waals surface area contributed by atoms with Crippen molar-refractivity contribution in [2.45, 2.75) is 36.4 Å². The number of carbonyl (C=O) groups is 1. The molecule has 1 atom stereocenters. The summed E-state index contributed by atoms with van der Waals surface area (Å²) in [7, 11) is -1.69. The molecule has 0 N–H and O–H groups in total. The predicted molar refractivity (Wildman–Crippen MR) is 113 cm³/mol. The molecule has 8 heteroatoms. The highest BCUT2D eigenvalue weighted by Gasteiger charge is 2.29. The molecule has 1 aromatic carbocycles. The molecule has 1 amide bonds. The van der Waals surface area contributed by atoms with Gasteiger partial charge in [-0.3, -0.25) is 4.79 Å². The van der Waals surface area contributed by atoms with Gasteiger partial charge in [-0.15, -0.1) is 11.3 Å². The molecule has 2 aromatic heterocycles. The number of sulfonamides is 1. The zero-order chi connectivity index (χ0) is 20.6. The first kappa shape index (κ1) is 20.1. The van der Waals surface area contributed by atoms with Gasteiger partial charge >= 0.3 is 0 Å². The van der Waals surface area contributed by atoms with E-state index in [-0.39, 0.29) is 18.4 Å². The Balaban J connectivity index is 1.45. The van der Waals surface area contributed by atoms with Crippen molar-refractivity contribution < 1.29 is 17.6 Å². The van der Waals surface area contributed by atoms with Gasteiger partial charge in [-0.2, -0.15) is 4.31 Å². The lowest BCUT2D eigenvalue weighted by atomic mass is 10.2. The Morgan fingerprint density at radius 3 is 2.66 bits per heavy atom. The zero-order valence-corrected chi connectivity index (χ0v) is 18.1. The van der Waals surface area contributed by atoms with E-state index in [1.807, 2.05) is 37.3 Å². The minimum absolute atomic E-state index is 0.0788. The van der Waals surface area contributed by atoms with E-state index in [1.54, 1.807) is 24.1 Å². The molecule has 0 spiro atoms. The van der Waals surface area contributed by atoms with Crippen LogP contribution in [-0.4, -0.2) is 43.7 Å². The Kier molecular flexibility index (Phi) is 5.50. The number of hydrogen-bond acceptors (Lipinski definition) is 5. The number of nitrogens with zero attached hydrogens (tertiary/aromatic N) is 2. The quantitative estimate of drug-likeness (QED) is 0.589. The Bertz CT molecular complexity index is 1090. The third-order valence-electron chi connectivity index (χ3n) is 5.45. The molecule has 1 aliphatic rings. The molecule has 1 fully saturated rings. The van der Waals surface area contributed by atoms with Gasteiger partial charge in [0.25, 0.3) is 10.0 Å². The monoisotopic (exact) mass is 432 g/mol. The first-order chi connectivity index (χ1) is 13.9. The topological polar surface area (TPSA) is 70.8 Å². The number of fused-ring (bicyclic) bond motifs is 1. The average Bonchev–Trinajstić information content (AvgIpc) is 3.46. The minimum Gasteiger partial charge on any atom is -0.459 e. The molecule has 0 radical (unpaired) electrons. The Hall–Kier alpha value is -2.16. The fraction of sp³-hybridized carbons (Fsp3) is 0.381. The first-order valence-electron chi connectivity index (χ1n) is 9.69. The molecule has 0 unspecified atom stereocenters. The van der Waals surface area contributed by atoms with Crippen LogP contribution in [-0.2, 0) is 21.2 Å². The van der Waals surface area contributed by atoms with Crippen LogP contribution in [0.25, 0.3) is 11.0 Å². The molecule has 4 rings (SSSR count). The molecule has 6 nitrogen and oxygen atoms in total. The smallest absolute Gasteiger partial charge is 0.252 e. The van der Waals surface area contributed by atoms with Crippen LogP contribution in [0.5, 0.6) is 0 Å². The van der Waals surface area contributed by atoms with Crippen molar-refractivity contribution in [3.63, 3.8) is 0 Å². The Morgan fingerprint density at radius 2 is 1.93 bits per heavy atom. The summed E-state index contributed by atoms with van der Waals surface area (Å²) in [6, 6.07) is 12.8. The van der Waals surface area contributed by atoms with Gasteiger partial charge in [0.05, 0.1) is 12.5 Å². The van der Waals surface area contributed by atoms with Crippen LogP contribution >= 0.6 is 11.3 Å². The lowest BCUT2D eigenvalue weighted by Crippen LogP contribution is -2.30. The fourth-order valence-corrected chi connectivity index (χ4v) is 6.55. The highest BCUT2D eigenvalue weighted by Crippen LogP contribution is 2.30. The second kappa shape index (κ2) is 7.93. The van der Waals surface area contributed by atoms with Gasteiger partial charge < -0.3 is 9.32 Å². The molecule has 3 aromatic rings. The van der Waals surface area contributed by atoms with E-state index in [0.717, 1.165) is 34.4 Å². The third kappa shape index (κ3) is 3.97. The van der Waals surface area contributed by atoms with Crippen molar-refractivity contribution >= 4 is 38.2 Å². The normalized spacial score (nSPS) is 16.3. The van der Waals surface area contributed by atoms with Crippen LogP contribution < -0.4 is 0 Å². The van der Waals surface area contributed by atoms with E-state index < -0.39 is 10.0 Å². The van der Waals surface area contributed by atoms with Crippen LogP contribution in [0.1, 0.15) is 36.4 Å². The SMILES string of the molecule is C[C@H](c1cc2ccccc2o1)N(C)C(=O)Cc1ccc(S(=O)(=O)N2CCCC2)s1. The van der Waals surface area contributed by atoms with E-state index in [9.17, 15) is 13.2 Å². The van der Waals surface area contributed by atoms with Crippen molar-refractivity contribution in [2.24, 2.45) is 0 Å². The molecular weight excluding hydrogens is 408 g/mol. The van der Waals surface area contributed by atoms with E-state index in [0.29, 0.717) is 17.3 Å². The summed E-state index contributed by atoms with van der Waals surface area (Å²) in [4.78, 5) is 15.2. The minimum atomic E-state index is -3.44. The van der Waals surface area contributed by atoms with E-state index in [2.05, 4.69) is 0 Å². The lowest BCUT2D eigenvalue weighted by molar-refractivity contribution is -0.131. The lowest BCUT2D eigenvalue weighted by Gasteiger charge is -2.23. The molecule has 0 bridgehead atoms. The molecule has 29 heavy (non-hydrogen) atoms. The zero-order valence-electron chi connectivity index (χ0n) is 16.5. The molecule has 1 aliphatic heterocycles. The Labute approximate surface area is 174 Å². The van der Waals surface area contributed by atoms with Gasteiger partial charge in [0.2, 0.25) is 5.91 Å². The number of furan rings is 1. The number of benzene rings is 1. The second-order valence-corrected chi connectivity index (χ2v) is 10.7. The number of carbonyl (C=O) groups excluding carboxylic acids is 1. The number of para-hydroxylation sites is 1. The summed E-state index contributed by atoms with van der Waals surface area (Å²) in [6.07, 6.45) is 1.97. The maximum absolute atomic E-state index is 12.8. The molecule has 1 saturated heterocycles. The fourth-order valence-electron chi connectivity index (χ4n) is 3.54. The van der Waals surface area contributed by atoms with Crippen LogP contribution in [0.2, 0.25) is 0 Å². The van der Waals surface area contributed by atoms with Crippen LogP contribution in [0.3, 0.4) is 0 Å². The van der Waals surface area contributed by atoms with Gasteiger partial charge in [-0.25, -0.2) is 8.42 Å². The summed E-state index contributed by atoms with van der Waals surface area (Å²) in [5.41, 5.74) is 0.796. The summed E-state index contributed by atoms with van der Waals surface area (Å²) in [6.45, 7) is 3.08. The van der Waals surface area contributed by atoms with Crippen molar-refractivity contribution in [3.05, 3.63) is 53.1 Å². The van der Waals surface area contributed by atoms with E-state index in [4.69, 9.17) is 4.42 Å². The number of amides is 1. The second-order valence-electron chi connectivity index (χ2n) is 7.38. The van der Waals surface area contributed by atoms with Crippen molar-refractivity contribution in [1.82, 2.24) is 9.21 Å². The van der Waals surface area contributed by atoms with Gasteiger partial charge in [-0.05, 0) is 44.0 Å². The highest BCUT2D eigenvalue weighted by atomic mass is 32.2. The van der Waals surface area contributed by atoms with Gasteiger partial charge in [0.15, 0.2) is 0 Å². The van der Waals surface area contributed by atoms with Gasteiger partial charge in [-0.1, -0.05) is 18.2 Å². The number of hydrogen-bond donors (Lipinski definition) is 0. The number of thiophene rings is 1. The van der Waals surface area contributed by atoms with Crippen LogP contribution in [0.15, 0.2) is 51.1 Å². The highest BCUT2D eigenvalue weighted by molar-refractivity contribution is 7.91. The van der Waals surface area contributed by atoms with E-state index >= 15 is 0 Å².